The molecule has 1 saturated carbocycles. The summed E-state index contributed by atoms with van der Waals surface area (Å²) in [5.41, 5.74) is 5.43. The summed E-state index contributed by atoms with van der Waals surface area (Å²) in [6, 6.07) is 7.04. The molecule has 0 aromatic heterocycles. The highest BCUT2D eigenvalue weighted by atomic mass is 35.5. The zero-order chi connectivity index (χ0) is 15.5. The van der Waals surface area contributed by atoms with Crippen molar-refractivity contribution in [3.05, 3.63) is 24.3 Å². The molecule has 7 heteroatoms. The minimum absolute atomic E-state index is 0. The molecule has 2 rings (SSSR count). The first-order valence-corrected chi connectivity index (χ1v) is 10.0. The van der Waals surface area contributed by atoms with Gasteiger partial charge < -0.3 is 5.73 Å². The first-order valence-electron chi connectivity index (χ1n) is 7.31. The molecule has 2 unspecified atom stereocenters. The van der Waals surface area contributed by atoms with Gasteiger partial charge in [-0.25, -0.2) is 13.1 Å². The standard InChI is InChI=1S/C15H24N2O2S2.ClH/c1-12-6-3-4-9-15(12,11-16)17-21(18,19)14-8-5-7-13(10-14)20-2;/h5,7-8,10,12,17H,3-4,6,9,11,16H2,1-2H3;1H. The van der Waals surface area contributed by atoms with Crippen LogP contribution in [-0.2, 0) is 10.0 Å². The van der Waals surface area contributed by atoms with Gasteiger partial charge >= 0.3 is 0 Å². The second-order valence-electron chi connectivity index (χ2n) is 5.79. The van der Waals surface area contributed by atoms with Crippen LogP contribution in [0, 0.1) is 5.92 Å². The van der Waals surface area contributed by atoms with Crippen molar-refractivity contribution in [3.8, 4) is 0 Å². The number of benzene rings is 1. The largest absolute Gasteiger partial charge is 0.329 e. The van der Waals surface area contributed by atoms with Gasteiger partial charge in [-0.1, -0.05) is 25.8 Å². The molecular weight excluding hydrogens is 340 g/mol. The van der Waals surface area contributed by atoms with Crippen molar-refractivity contribution >= 4 is 34.2 Å². The Morgan fingerprint density at radius 1 is 1.41 bits per heavy atom. The van der Waals surface area contributed by atoms with Gasteiger partial charge in [0, 0.05) is 17.0 Å². The fraction of sp³-hybridized carbons (Fsp3) is 0.600. The van der Waals surface area contributed by atoms with Gasteiger partial charge in [0.05, 0.1) is 4.90 Å². The van der Waals surface area contributed by atoms with E-state index in [1.807, 2.05) is 12.3 Å². The summed E-state index contributed by atoms with van der Waals surface area (Å²) in [5, 5.41) is 0. The van der Waals surface area contributed by atoms with Gasteiger partial charge in [0.25, 0.3) is 0 Å². The van der Waals surface area contributed by atoms with E-state index in [2.05, 4.69) is 11.6 Å². The van der Waals surface area contributed by atoms with Crippen LogP contribution in [0.5, 0.6) is 0 Å². The molecule has 0 spiro atoms. The van der Waals surface area contributed by atoms with Gasteiger partial charge in [-0.05, 0) is 43.2 Å². The van der Waals surface area contributed by atoms with Gasteiger partial charge in [0.15, 0.2) is 0 Å². The molecule has 2 atom stereocenters. The molecule has 4 nitrogen and oxygen atoms in total. The Bertz CT molecular complexity index is 595. The van der Waals surface area contributed by atoms with Crippen molar-refractivity contribution in [2.24, 2.45) is 11.7 Å². The van der Waals surface area contributed by atoms with E-state index in [0.717, 1.165) is 30.6 Å². The maximum absolute atomic E-state index is 12.7. The van der Waals surface area contributed by atoms with E-state index in [0.29, 0.717) is 11.4 Å². The second kappa shape index (κ2) is 8.02. The molecule has 3 N–H and O–H groups in total. The van der Waals surface area contributed by atoms with E-state index in [9.17, 15) is 8.42 Å². The molecule has 0 radical (unpaired) electrons. The predicted octanol–water partition coefficient (Wildman–Crippen LogP) is 3.02. The van der Waals surface area contributed by atoms with Crippen molar-refractivity contribution in [1.82, 2.24) is 4.72 Å². The number of sulfonamides is 1. The lowest BCUT2D eigenvalue weighted by atomic mass is 9.74. The lowest BCUT2D eigenvalue weighted by Gasteiger charge is -2.42. The number of rotatable bonds is 5. The zero-order valence-corrected chi connectivity index (χ0v) is 15.5. The van der Waals surface area contributed by atoms with Crippen LogP contribution in [0.4, 0.5) is 0 Å². The van der Waals surface area contributed by atoms with Crippen LogP contribution in [0.2, 0.25) is 0 Å². The minimum atomic E-state index is -3.54. The summed E-state index contributed by atoms with van der Waals surface area (Å²) in [7, 11) is -3.54. The fourth-order valence-corrected chi connectivity index (χ4v) is 5.12. The fourth-order valence-electron chi connectivity index (χ4n) is 3.01. The normalized spacial score (nSPS) is 25.5. The van der Waals surface area contributed by atoms with Crippen molar-refractivity contribution in [3.63, 3.8) is 0 Å². The molecule has 0 amide bonds. The quantitative estimate of drug-likeness (QED) is 0.788. The summed E-state index contributed by atoms with van der Waals surface area (Å²) in [6.45, 7) is 2.43. The minimum Gasteiger partial charge on any atom is -0.329 e. The van der Waals surface area contributed by atoms with Crippen LogP contribution in [0.3, 0.4) is 0 Å². The Morgan fingerprint density at radius 3 is 2.73 bits per heavy atom. The highest BCUT2D eigenvalue weighted by molar-refractivity contribution is 7.98. The number of nitrogens with one attached hydrogen (secondary N) is 1. The van der Waals surface area contributed by atoms with Gasteiger partial charge in [0.2, 0.25) is 10.0 Å². The van der Waals surface area contributed by atoms with Crippen LogP contribution < -0.4 is 10.5 Å². The van der Waals surface area contributed by atoms with Crippen molar-refractivity contribution in [2.45, 2.75) is 47.9 Å². The smallest absolute Gasteiger partial charge is 0.241 e. The van der Waals surface area contributed by atoms with Gasteiger partial charge in [-0.3, -0.25) is 0 Å². The van der Waals surface area contributed by atoms with Crippen LogP contribution >= 0.6 is 24.2 Å². The zero-order valence-electron chi connectivity index (χ0n) is 13.0. The van der Waals surface area contributed by atoms with Crippen molar-refractivity contribution in [1.29, 1.82) is 0 Å². The molecule has 126 valence electrons. The number of hydrogen-bond acceptors (Lipinski definition) is 4. The third kappa shape index (κ3) is 4.17. The van der Waals surface area contributed by atoms with Crippen molar-refractivity contribution < 1.29 is 8.42 Å². The number of hydrogen-bond donors (Lipinski definition) is 2. The van der Waals surface area contributed by atoms with Gasteiger partial charge in [0.1, 0.15) is 0 Å². The van der Waals surface area contributed by atoms with Gasteiger partial charge in [-0.2, -0.15) is 0 Å². The Hall–Kier alpha value is -0.270. The average molecular weight is 365 g/mol. The summed E-state index contributed by atoms with van der Waals surface area (Å²) >= 11 is 1.53. The molecule has 1 aliphatic rings. The summed E-state index contributed by atoms with van der Waals surface area (Å²) in [6.07, 6.45) is 5.93. The first-order chi connectivity index (χ1) is 9.93. The molecule has 0 bridgehead atoms. The molecule has 1 aliphatic carbocycles. The molecule has 1 fully saturated rings. The summed E-state index contributed by atoms with van der Waals surface area (Å²) in [4.78, 5) is 1.26. The van der Waals surface area contributed by atoms with E-state index in [4.69, 9.17) is 5.73 Å². The first kappa shape index (κ1) is 19.8. The molecule has 22 heavy (non-hydrogen) atoms. The SMILES string of the molecule is CSc1cccc(S(=O)(=O)NC2(CN)CCCCC2C)c1.Cl. The monoisotopic (exact) mass is 364 g/mol. The van der Waals surface area contributed by atoms with Crippen LogP contribution in [0.25, 0.3) is 0 Å². The summed E-state index contributed by atoms with van der Waals surface area (Å²) < 4.78 is 28.3. The maximum Gasteiger partial charge on any atom is 0.241 e. The molecule has 0 aliphatic heterocycles. The number of halogens is 1. The Labute approximate surface area is 144 Å². The maximum atomic E-state index is 12.7. The predicted molar refractivity (Wildman–Crippen MR) is 95.2 cm³/mol. The van der Waals surface area contributed by atoms with Crippen LogP contribution in [-0.4, -0.2) is 26.8 Å². The lowest BCUT2D eigenvalue weighted by Crippen LogP contribution is -2.58. The molecule has 0 saturated heterocycles. The Kier molecular flexibility index (Phi) is 7.20. The Morgan fingerprint density at radius 2 is 2.14 bits per heavy atom. The highest BCUT2D eigenvalue weighted by Crippen LogP contribution is 2.34. The average Bonchev–Trinajstić information content (AvgIpc) is 2.49. The van der Waals surface area contributed by atoms with E-state index in [1.54, 1.807) is 18.2 Å². The highest BCUT2D eigenvalue weighted by Gasteiger charge is 2.40. The second-order valence-corrected chi connectivity index (χ2v) is 8.35. The van der Waals surface area contributed by atoms with Crippen molar-refractivity contribution in [2.75, 3.05) is 12.8 Å². The summed E-state index contributed by atoms with van der Waals surface area (Å²) in [5.74, 6) is 0.259. The molecule has 1 aromatic carbocycles. The topological polar surface area (TPSA) is 72.2 Å². The van der Waals surface area contributed by atoms with E-state index in [-0.39, 0.29) is 18.3 Å². The third-order valence-corrected chi connectivity index (χ3v) is 6.78. The molecular formula is C15H25ClN2O2S2. The van der Waals surface area contributed by atoms with Gasteiger partial charge in [-0.15, -0.1) is 24.2 Å². The Balaban J connectivity index is 0.00000242. The van der Waals surface area contributed by atoms with E-state index < -0.39 is 15.6 Å². The number of thioether (sulfide) groups is 1. The van der Waals surface area contributed by atoms with E-state index in [1.165, 1.54) is 11.8 Å². The van der Waals surface area contributed by atoms with Crippen LogP contribution in [0.1, 0.15) is 32.6 Å². The van der Waals surface area contributed by atoms with Crippen LogP contribution in [0.15, 0.2) is 34.1 Å². The lowest BCUT2D eigenvalue weighted by molar-refractivity contribution is 0.191. The third-order valence-electron chi connectivity index (χ3n) is 4.51. The number of nitrogens with two attached hydrogens (primary N) is 1. The molecule has 0 heterocycles. The van der Waals surface area contributed by atoms with E-state index >= 15 is 0 Å². The molecule has 1 aromatic rings.